The summed E-state index contributed by atoms with van der Waals surface area (Å²) in [6, 6.07) is 12.6. The number of nitrogens with zero attached hydrogens (tertiary/aromatic N) is 1. The van der Waals surface area contributed by atoms with Crippen LogP contribution in [0.4, 0.5) is 0 Å². The second-order valence-corrected chi connectivity index (χ2v) is 6.10. The molecule has 1 aliphatic rings. The Hall–Kier alpha value is -3.72. The molecule has 1 heterocycles. The first kappa shape index (κ1) is 19.1. The maximum Gasteiger partial charge on any atom is 0.290 e. The van der Waals surface area contributed by atoms with Crippen LogP contribution in [-0.2, 0) is 4.79 Å². The van der Waals surface area contributed by atoms with Gasteiger partial charge < -0.3 is 19.5 Å². The summed E-state index contributed by atoms with van der Waals surface area (Å²) in [7, 11) is 3.02. The van der Waals surface area contributed by atoms with Gasteiger partial charge in [0.2, 0.25) is 0 Å². The van der Waals surface area contributed by atoms with Gasteiger partial charge in [-0.2, -0.15) is 0 Å². The predicted molar refractivity (Wildman–Crippen MR) is 103 cm³/mol. The number of rotatable bonds is 6. The molecule has 0 aromatic heterocycles. The minimum absolute atomic E-state index is 0.0325. The van der Waals surface area contributed by atoms with Crippen LogP contribution in [-0.4, -0.2) is 42.5 Å². The van der Waals surface area contributed by atoms with Crippen LogP contribution in [0.1, 0.15) is 22.0 Å². The van der Waals surface area contributed by atoms with Crippen molar-refractivity contribution in [2.24, 2.45) is 0 Å². The Labute approximate surface area is 163 Å². The van der Waals surface area contributed by atoms with Crippen LogP contribution in [0.25, 0.3) is 0 Å². The van der Waals surface area contributed by atoms with Crippen LogP contribution in [0, 0.1) is 12.3 Å². The fourth-order valence-corrected chi connectivity index (χ4v) is 3.26. The van der Waals surface area contributed by atoms with E-state index in [0.717, 1.165) is 0 Å². The largest absolute Gasteiger partial charge is 0.503 e. The molecular formula is C22H19NO5. The first-order valence-corrected chi connectivity index (χ1v) is 8.52. The number of ether oxygens (including phenoxy) is 2. The molecule has 0 bridgehead atoms. The highest BCUT2D eigenvalue weighted by molar-refractivity contribution is 6.16. The monoisotopic (exact) mass is 377 g/mol. The molecule has 0 aliphatic carbocycles. The van der Waals surface area contributed by atoms with Gasteiger partial charge in [-0.3, -0.25) is 9.59 Å². The fourth-order valence-electron chi connectivity index (χ4n) is 3.26. The Balaban J connectivity index is 2.13. The quantitative estimate of drug-likeness (QED) is 0.619. The van der Waals surface area contributed by atoms with E-state index in [0.29, 0.717) is 22.6 Å². The third-order valence-corrected chi connectivity index (χ3v) is 4.60. The number of aliphatic hydroxyl groups excluding tert-OH is 1. The number of terminal acetylenes is 1. The van der Waals surface area contributed by atoms with E-state index in [1.54, 1.807) is 48.5 Å². The van der Waals surface area contributed by atoms with E-state index in [9.17, 15) is 14.7 Å². The van der Waals surface area contributed by atoms with Crippen LogP contribution in [0.5, 0.6) is 11.5 Å². The number of ketones is 1. The van der Waals surface area contributed by atoms with Crippen LogP contribution < -0.4 is 9.47 Å². The highest BCUT2D eigenvalue weighted by atomic mass is 16.5. The number of aliphatic hydroxyl groups is 1. The molecule has 0 saturated carbocycles. The van der Waals surface area contributed by atoms with Crippen molar-refractivity contribution >= 4 is 11.7 Å². The van der Waals surface area contributed by atoms with E-state index in [-0.39, 0.29) is 12.1 Å². The normalized spacial score (nSPS) is 16.1. The summed E-state index contributed by atoms with van der Waals surface area (Å²) in [6.45, 7) is -0.0645. The first-order valence-electron chi connectivity index (χ1n) is 8.52. The maximum absolute atomic E-state index is 13.2. The molecule has 3 rings (SSSR count). The summed E-state index contributed by atoms with van der Waals surface area (Å²) >= 11 is 0. The van der Waals surface area contributed by atoms with Gasteiger partial charge in [0.05, 0.1) is 32.4 Å². The Morgan fingerprint density at radius 1 is 1.14 bits per heavy atom. The fraction of sp³-hybridized carbons (Fsp3) is 0.182. The van der Waals surface area contributed by atoms with Crippen molar-refractivity contribution < 1.29 is 24.2 Å². The Bertz CT molecular complexity index is 985. The van der Waals surface area contributed by atoms with Gasteiger partial charge in [-0.05, 0) is 30.3 Å². The third kappa shape index (κ3) is 3.19. The summed E-state index contributed by atoms with van der Waals surface area (Å²) in [5.41, 5.74) is 0.849. The molecule has 0 spiro atoms. The predicted octanol–water partition coefficient (Wildman–Crippen LogP) is 2.92. The number of amides is 1. The van der Waals surface area contributed by atoms with Crippen molar-refractivity contribution in [3.8, 4) is 23.8 Å². The number of hydrogen-bond donors (Lipinski definition) is 1. The lowest BCUT2D eigenvalue weighted by Gasteiger charge is -2.26. The minimum atomic E-state index is -0.852. The van der Waals surface area contributed by atoms with Crippen molar-refractivity contribution in [2.75, 3.05) is 20.8 Å². The molecule has 28 heavy (non-hydrogen) atoms. The Morgan fingerprint density at radius 3 is 2.43 bits per heavy atom. The standard InChI is InChI=1S/C22H19NO5/c1-4-13-23-19(16-7-5-6-8-17(16)28-3)18(21(25)22(23)26)20(24)14-9-11-15(27-2)12-10-14/h1,5-12,19,25H,13H2,2-3H3. The van der Waals surface area contributed by atoms with Crippen molar-refractivity contribution in [2.45, 2.75) is 6.04 Å². The average molecular weight is 377 g/mol. The smallest absolute Gasteiger partial charge is 0.290 e. The maximum atomic E-state index is 13.2. The van der Waals surface area contributed by atoms with E-state index < -0.39 is 23.5 Å². The molecule has 1 amide bonds. The number of para-hydroxylation sites is 1. The summed E-state index contributed by atoms with van der Waals surface area (Å²) in [6.07, 6.45) is 5.42. The van der Waals surface area contributed by atoms with E-state index >= 15 is 0 Å². The molecule has 1 N–H and O–H groups in total. The molecule has 1 unspecified atom stereocenters. The third-order valence-electron chi connectivity index (χ3n) is 4.60. The van der Waals surface area contributed by atoms with E-state index in [2.05, 4.69) is 5.92 Å². The van der Waals surface area contributed by atoms with Gasteiger partial charge in [0.1, 0.15) is 11.5 Å². The molecule has 0 fully saturated rings. The molecule has 0 saturated heterocycles. The van der Waals surface area contributed by atoms with Gasteiger partial charge in [-0.15, -0.1) is 6.42 Å². The van der Waals surface area contributed by atoms with Gasteiger partial charge in [0.15, 0.2) is 11.5 Å². The molecule has 0 radical (unpaired) electrons. The molecule has 2 aromatic rings. The number of methoxy groups -OCH3 is 2. The lowest BCUT2D eigenvalue weighted by molar-refractivity contribution is -0.128. The zero-order valence-electron chi connectivity index (χ0n) is 15.5. The highest BCUT2D eigenvalue weighted by Gasteiger charge is 2.44. The summed E-state index contributed by atoms with van der Waals surface area (Å²) in [4.78, 5) is 27.1. The van der Waals surface area contributed by atoms with Gasteiger partial charge >= 0.3 is 0 Å². The van der Waals surface area contributed by atoms with Crippen LogP contribution >= 0.6 is 0 Å². The van der Waals surface area contributed by atoms with Gasteiger partial charge in [-0.25, -0.2) is 0 Å². The molecular weight excluding hydrogens is 358 g/mol. The van der Waals surface area contributed by atoms with Crippen LogP contribution in [0.15, 0.2) is 59.9 Å². The molecule has 6 nitrogen and oxygen atoms in total. The summed E-state index contributed by atoms with van der Waals surface area (Å²) < 4.78 is 10.5. The Kier molecular flexibility index (Phi) is 5.37. The highest BCUT2D eigenvalue weighted by Crippen LogP contribution is 2.42. The molecule has 1 aliphatic heterocycles. The molecule has 6 heteroatoms. The van der Waals surface area contributed by atoms with Gasteiger partial charge in [-0.1, -0.05) is 24.1 Å². The number of hydrogen-bond acceptors (Lipinski definition) is 5. The second kappa shape index (κ2) is 7.89. The lowest BCUT2D eigenvalue weighted by Crippen LogP contribution is -2.31. The zero-order valence-corrected chi connectivity index (χ0v) is 15.5. The second-order valence-electron chi connectivity index (χ2n) is 6.10. The number of benzene rings is 2. The molecule has 142 valence electrons. The number of carbonyl (C=O) groups is 2. The average Bonchev–Trinajstić information content (AvgIpc) is 2.98. The Morgan fingerprint density at radius 2 is 1.82 bits per heavy atom. The number of carbonyl (C=O) groups excluding carboxylic acids is 2. The SMILES string of the molecule is C#CCN1C(=O)C(O)=C(C(=O)c2ccc(OC)cc2)C1c1ccccc1OC. The summed E-state index contributed by atoms with van der Waals surface area (Å²) in [5, 5.41) is 10.5. The summed E-state index contributed by atoms with van der Waals surface area (Å²) in [5.74, 6) is 1.72. The lowest BCUT2D eigenvalue weighted by atomic mass is 9.92. The zero-order chi connectivity index (χ0) is 20.3. The topological polar surface area (TPSA) is 76.1 Å². The minimum Gasteiger partial charge on any atom is -0.503 e. The van der Waals surface area contributed by atoms with E-state index in [1.807, 2.05) is 0 Å². The van der Waals surface area contributed by atoms with Crippen molar-refractivity contribution in [1.29, 1.82) is 0 Å². The van der Waals surface area contributed by atoms with Crippen LogP contribution in [0.2, 0.25) is 0 Å². The molecule has 1 atom stereocenters. The van der Waals surface area contributed by atoms with E-state index in [4.69, 9.17) is 15.9 Å². The van der Waals surface area contributed by atoms with Gasteiger partial charge in [0, 0.05) is 11.1 Å². The number of Topliss-reactive ketones (excluding diaryl/α,β-unsaturated/α-hetero) is 1. The van der Waals surface area contributed by atoms with Crippen molar-refractivity contribution in [3.05, 3.63) is 71.0 Å². The van der Waals surface area contributed by atoms with Gasteiger partial charge in [0.25, 0.3) is 5.91 Å². The van der Waals surface area contributed by atoms with Crippen molar-refractivity contribution in [1.82, 2.24) is 4.90 Å². The molecule has 2 aromatic carbocycles. The van der Waals surface area contributed by atoms with Crippen molar-refractivity contribution in [3.63, 3.8) is 0 Å². The van der Waals surface area contributed by atoms with Crippen LogP contribution in [0.3, 0.4) is 0 Å². The first-order chi connectivity index (χ1) is 13.5. The van der Waals surface area contributed by atoms with E-state index in [1.165, 1.54) is 19.1 Å².